The number of hydrogen-bond donors (Lipinski definition) is 3. The summed E-state index contributed by atoms with van der Waals surface area (Å²) < 4.78 is 4.88. The van der Waals surface area contributed by atoms with Crippen molar-refractivity contribution < 1.29 is 14.3 Å². The van der Waals surface area contributed by atoms with E-state index in [0.717, 1.165) is 0 Å². The Morgan fingerprint density at radius 3 is 2.83 bits per heavy atom. The highest BCUT2D eigenvalue weighted by Gasteiger charge is 2.28. The van der Waals surface area contributed by atoms with E-state index in [1.807, 2.05) is 0 Å². The van der Waals surface area contributed by atoms with Gasteiger partial charge in [0, 0.05) is 6.42 Å². The smallest absolute Gasteiger partial charge is 0.417 e. The summed E-state index contributed by atoms with van der Waals surface area (Å²) in [5.74, 6) is -1.61. The molecule has 6 nitrogen and oxygen atoms in total. The Labute approximate surface area is 108 Å². The first-order valence-electron chi connectivity index (χ1n) is 5.02. The van der Waals surface area contributed by atoms with E-state index < -0.39 is 17.3 Å². The second-order valence-corrected chi connectivity index (χ2v) is 4.24. The van der Waals surface area contributed by atoms with Gasteiger partial charge in [-0.3, -0.25) is 9.78 Å². The highest BCUT2D eigenvalue weighted by atomic mass is 35.5. The maximum Gasteiger partial charge on any atom is 0.417 e. The number of nitrogens with one attached hydrogen (secondary N) is 1. The van der Waals surface area contributed by atoms with Gasteiger partial charge in [0.2, 0.25) is 0 Å². The van der Waals surface area contributed by atoms with Crippen LogP contribution in [0.4, 0.5) is 0 Å². The maximum atomic E-state index is 11.0. The minimum absolute atomic E-state index is 0. The number of fused-ring (bicyclic) bond motifs is 1. The highest BCUT2D eigenvalue weighted by Crippen LogP contribution is 2.16. The lowest BCUT2D eigenvalue weighted by atomic mass is 9.94. The predicted molar refractivity (Wildman–Crippen MR) is 68.0 cm³/mol. The predicted octanol–water partition coefficient (Wildman–Crippen LogP) is 0.887. The van der Waals surface area contributed by atoms with Gasteiger partial charge in [0.1, 0.15) is 5.54 Å². The number of benzene rings is 1. The second-order valence-electron chi connectivity index (χ2n) is 4.24. The Balaban J connectivity index is 0.00000162. The summed E-state index contributed by atoms with van der Waals surface area (Å²) in [5, 5.41) is 8.92. The minimum atomic E-state index is -1.34. The molecule has 0 aliphatic rings. The minimum Gasteiger partial charge on any atom is -0.480 e. The molecule has 0 spiro atoms. The van der Waals surface area contributed by atoms with Gasteiger partial charge in [-0.2, -0.15) is 0 Å². The number of nitrogens with two attached hydrogens (primary N) is 1. The summed E-state index contributed by atoms with van der Waals surface area (Å²) in [6.45, 7) is 1.44. The maximum absolute atomic E-state index is 11.0. The van der Waals surface area contributed by atoms with Crippen LogP contribution in [0.3, 0.4) is 0 Å². The number of rotatable bonds is 3. The third kappa shape index (κ3) is 2.72. The summed E-state index contributed by atoms with van der Waals surface area (Å²) in [6, 6.07) is 4.98. The van der Waals surface area contributed by atoms with Crippen LogP contribution in [0.2, 0.25) is 0 Å². The van der Waals surface area contributed by atoms with E-state index in [9.17, 15) is 9.59 Å². The molecule has 0 aliphatic heterocycles. The molecule has 2 aromatic rings. The van der Waals surface area contributed by atoms with Crippen LogP contribution in [-0.2, 0) is 11.2 Å². The number of aliphatic carboxylic acids is 1. The molecule has 4 N–H and O–H groups in total. The van der Waals surface area contributed by atoms with Crippen molar-refractivity contribution in [1.29, 1.82) is 0 Å². The molecule has 0 bridgehead atoms. The van der Waals surface area contributed by atoms with Crippen LogP contribution >= 0.6 is 12.4 Å². The van der Waals surface area contributed by atoms with Gasteiger partial charge in [-0.05, 0) is 24.6 Å². The lowest BCUT2D eigenvalue weighted by Gasteiger charge is -2.18. The van der Waals surface area contributed by atoms with Gasteiger partial charge in [-0.1, -0.05) is 6.07 Å². The fraction of sp³-hybridized carbons (Fsp3) is 0.273. The molecule has 98 valence electrons. The lowest BCUT2D eigenvalue weighted by Crippen LogP contribution is -2.46. The number of H-pyrrole nitrogens is 1. The summed E-state index contributed by atoms with van der Waals surface area (Å²) in [5.41, 5.74) is 5.97. The molecule has 2 rings (SSSR count). The molecule has 0 aliphatic carbocycles. The summed E-state index contributed by atoms with van der Waals surface area (Å²) >= 11 is 0. The molecule has 0 radical (unpaired) electrons. The van der Waals surface area contributed by atoms with Crippen molar-refractivity contribution in [3.63, 3.8) is 0 Å². The lowest BCUT2D eigenvalue weighted by molar-refractivity contribution is -0.142. The number of carboxylic acid groups (broad SMARTS) is 1. The van der Waals surface area contributed by atoms with Crippen LogP contribution in [-0.4, -0.2) is 21.6 Å². The van der Waals surface area contributed by atoms with Crippen LogP contribution in [0.25, 0.3) is 11.1 Å². The molecule has 0 saturated heterocycles. The van der Waals surface area contributed by atoms with E-state index in [4.69, 9.17) is 15.3 Å². The van der Waals surface area contributed by atoms with Gasteiger partial charge >= 0.3 is 11.7 Å². The highest BCUT2D eigenvalue weighted by molar-refractivity contribution is 5.85. The molecule has 18 heavy (non-hydrogen) atoms. The Hall–Kier alpha value is -1.79. The second kappa shape index (κ2) is 4.83. The van der Waals surface area contributed by atoms with Crippen molar-refractivity contribution in [2.45, 2.75) is 18.9 Å². The average Bonchev–Trinajstić information content (AvgIpc) is 2.56. The van der Waals surface area contributed by atoms with Crippen LogP contribution < -0.4 is 11.5 Å². The van der Waals surface area contributed by atoms with E-state index in [1.165, 1.54) is 6.92 Å². The molecule has 0 saturated carbocycles. The van der Waals surface area contributed by atoms with Crippen LogP contribution in [0.5, 0.6) is 0 Å². The third-order valence-electron chi connectivity index (χ3n) is 2.55. The molecular weight excluding hydrogens is 260 g/mol. The first-order valence-corrected chi connectivity index (χ1v) is 5.02. The largest absolute Gasteiger partial charge is 0.480 e. The van der Waals surface area contributed by atoms with Crippen molar-refractivity contribution in [3.8, 4) is 0 Å². The van der Waals surface area contributed by atoms with Crippen molar-refractivity contribution in [2.24, 2.45) is 5.73 Å². The van der Waals surface area contributed by atoms with E-state index in [1.54, 1.807) is 18.2 Å². The number of aromatic amines is 1. The quantitative estimate of drug-likeness (QED) is 0.769. The third-order valence-corrected chi connectivity index (χ3v) is 2.55. The van der Waals surface area contributed by atoms with Crippen molar-refractivity contribution in [1.82, 2.24) is 4.98 Å². The van der Waals surface area contributed by atoms with Gasteiger partial charge in [0.25, 0.3) is 0 Å². The SMILES string of the molecule is C[C@](N)(Cc1ccc2[nH]c(=O)oc2c1)C(=O)O.Cl. The Morgan fingerprint density at radius 1 is 1.56 bits per heavy atom. The Kier molecular flexibility index (Phi) is 3.83. The number of halogens is 1. The molecule has 1 heterocycles. The number of carboxylic acids is 1. The zero-order chi connectivity index (χ0) is 12.6. The van der Waals surface area contributed by atoms with E-state index in [2.05, 4.69) is 4.98 Å². The van der Waals surface area contributed by atoms with Crippen LogP contribution in [0.1, 0.15) is 12.5 Å². The topological polar surface area (TPSA) is 109 Å². The Bertz CT molecular complexity index is 629. The standard InChI is InChI=1S/C11H12N2O4.ClH/c1-11(12,9(14)15)5-6-2-3-7-8(4-6)17-10(16)13-7;/h2-4H,5,12H2,1H3,(H,13,16)(H,14,15);1H/t11-;/m0./s1. The first-order chi connectivity index (χ1) is 7.88. The van der Waals surface area contributed by atoms with Crippen molar-refractivity contribution in [2.75, 3.05) is 0 Å². The average molecular weight is 273 g/mol. The normalized spacial score (nSPS) is 13.9. The fourth-order valence-electron chi connectivity index (χ4n) is 1.60. The van der Waals surface area contributed by atoms with Gasteiger partial charge in [-0.15, -0.1) is 12.4 Å². The molecule has 7 heteroatoms. The van der Waals surface area contributed by atoms with E-state index >= 15 is 0 Å². The zero-order valence-corrected chi connectivity index (χ0v) is 10.4. The molecule has 1 aromatic heterocycles. The zero-order valence-electron chi connectivity index (χ0n) is 9.60. The number of oxazole rings is 1. The molecule has 1 aromatic carbocycles. The van der Waals surface area contributed by atoms with Crippen molar-refractivity contribution >= 4 is 29.5 Å². The molecule has 1 atom stereocenters. The fourth-order valence-corrected chi connectivity index (χ4v) is 1.60. The monoisotopic (exact) mass is 272 g/mol. The summed E-state index contributed by atoms with van der Waals surface area (Å²) in [6.07, 6.45) is 0.160. The van der Waals surface area contributed by atoms with Gasteiger partial charge in [0.15, 0.2) is 5.58 Å². The summed E-state index contributed by atoms with van der Waals surface area (Å²) in [4.78, 5) is 24.3. The van der Waals surface area contributed by atoms with Crippen LogP contribution in [0, 0.1) is 0 Å². The van der Waals surface area contributed by atoms with Crippen molar-refractivity contribution in [3.05, 3.63) is 34.3 Å². The summed E-state index contributed by atoms with van der Waals surface area (Å²) in [7, 11) is 0. The van der Waals surface area contributed by atoms with Gasteiger partial charge in [-0.25, -0.2) is 4.79 Å². The number of aromatic nitrogens is 1. The number of carbonyl (C=O) groups is 1. The van der Waals surface area contributed by atoms with Gasteiger partial charge < -0.3 is 15.3 Å². The molecule has 0 fully saturated rings. The molecular formula is C11H13ClN2O4. The first kappa shape index (κ1) is 14.3. The number of hydrogen-bond acceptors (Lipinski definition) is 4. The van der Waals surface area contributed by atoms with Crippen LogP contribution in [0.15, 0.2) is 27.4 Å². The Morgan fingerprint density at radius 2 is 2.22 bits per heavy atom. The van der Waals surface area contributed by atoms with E-state index in [-0.39, 0.29) is 18.8 Å². The van der Waals surface area contributed by atoms with Gasteiger partial charge in [0.05, 0.1) is 5.52 Å². The molecule has 0 amide bonds. The van der Waals surface area contributed by atoms with E-state index in [0.29, 0.717) is 16.7 Å². The molecule has 0 unspecified atom stereocenters.